The van der Waals surface area contributed by atoms with Crippen LogP contribution in [0.4, 0.5) is 0 Å². The number of carbonyl (C=O) groups is 2. The molecule has 2 aromatic rings. The van der Waals surface area contributed by atoms with Gasteiger partial charge in [0.25, 0.3) is 5.91 Å². The lowest BCUT2D eigenvalue weighted by atomic mass is 9.99. The van der Waals surface area contributed by atoms with E-state index in [0.29, 0.717) is 31.9 Å². The summed E-state index contributed by atoms with van der Waals surface area (Å²) in [6.07, 6.45) is 5.34. The summed E-state index contributed by atoms with van der Waals surface area (Å²) in [6, 6.07) is 1.57. The largest absolute Gasteiger partial charge is 0.351 e. The lowest BCUT2D eigenvalue weighted by Gasteiger charge is -2.35. The third kappa shape index (κ3) is 3.88. The van der Waals surface area contributed by atoms with Gasteiger partial charge in [0.05, 0.1) is 17.4 Å². The zero-order valence-corrected chi connectivity index (χ0v) is 17.2. The van der Waals surface area contributed by atoms with Gasteiger partial charge in [-0.1, -0.05) is 19.0 Å². The Kier molecular flexibility index (Phi) is 5.34. The number of carbonyl (C=O) groups excluding carboxylic acids is 2. The second-order valence-corrected chi connectivity index (χ2v) is 8.17. The smallest absolute Gasteiger partial charge is 0.293 e. The molecule has 4 rings (SSSR count). The summed E-state index contributed by atoms with van der Waals surface area (Å²) >= 11 is 0. The van der Waals surface area contributed by atoms with E-state index in [-0.39, 0.29) is 29.5 Å². The number of hydrogen-bond acceptors (Lipinski definition) is 6. The van der Waals surface area contributed by atoms with Crippen molar-refractivity contribution < 1.29 is 14.1 Å². The van der Waals surface area contributed by atoms with Crippen molar-refractivity contribution in [3.63, 3.8) is 0 Å². The molecule has 29 heavy (non-hydrogen) atoms. The summed E-state index contributed by atoms with van der Waals surface area (Å²) in [5.74, 6) is 1.07. The Labute approximate surface area is 170 Å². The molecule has 1 fully saturated rings. The molecule has 8 nitrogen and oxygen atoms in total. The van der Waals surface area contributed by atoms with E-state index < -0.39 is 0 Å². The molecule has 154 valence electrons. The Bertz CT molecular complexity index is 923. The van der Waals surface area contributed by atoms with Crippen LogP contribution in [0.25, 0.3) is 0 Å². The van der Waals surface area contributed by atoms with Gasteiger partial charge in [-0.25, -0.2) is 9.97 Å². The summed E-state index contributed by atoms with van der Waals surface area (Å²) in [4.78, 5) is 37.8. The van der Waals surface area contributed by atoms with Crippen LogP contribution >= 0.6 is 0 Å². The number of rotatable bonds is 3. The molecule has 2 amide bonds. The minimum Gasteiger partial charge on any atom is -0.351 e. The van der Waals surface area contributed by atoms with Gasteiger partial charge in [0.2, 0.25) is 11.7 Å². The first-order valence-corrected chi connectivity index (χ1v) is 10.3. The van der Waals surface area contributed by atoms with E-state index in [1.807, 2.05) is 24.9 Å². The normalized spacial score (nSPS) is 19.4. The van der Waals surface area contributed by atoms with Gasteiger partial charge in [-0.2, -0.15) is 0 Å². The quantitative estimate of drug-likeness (QED) is 0.791. The van der Waals surface area contributed by atoms with Crippen molar-refractivity contribution in [2.45, 2.75) is 65.0 Å². The Morgan fingerprint density at radius 2 is 2.07 bits per heavy atom. The summed E-state index contributed by atoms with van der Waals surface area (Å²) in [5.41, 5.74) is 2.75. The molecule has 0 saturated carbocycles. The molecule has 0 aromatic carbocycles. The number of likely N-dealkylation sites (tertiary alicyclic amines) is 1. The Morgan fingerprint density at radius 3 is 2.79 bits per heavy atom. The second kappa shape index (κ2) is 7.93. The molecule has 0 radical (unpaired) electrons. The van der Waals surface area contributed by atoms with Crippen molar-refractivity contribution in [3.8, 4) is 0 Å². The predicted molar refractivity (Wildman–Crippen MR) is 105 cm³/mol. The fourth-order valence-electron chi connectivity index (χ4n) is 4.01. The molecule has 0 aliphatic carbocycles. The monoisotopic (exact) mass is 397 g/mol. The maximum Gasteiger partial charge on any atom is 0.293 e. The zero-order chi connectivity index (χ0) is 20.5. The number of piperidine rings is 1. The number of hydrogen-bond donors (Lipinski definition) is 0. The van der Waals surface area contributed by atoms with E-state index in [4.69, 9.17) is 9.51 Å². The first kappa shape index (κ1) is 19.5. The molecule has 1 saturated heterocycles. The van der Waals surface area contributed by atoms with Crippen LogP contribution in [0.3, 0.4) is 0 Å². The highest BCUT2D eigenvalue weighted by atomic mass is 16.5. The van der Waals surface area contributed by atoms with Crippen LogP contribution in [0, 0.1) is 0 Å². The molecule has 8 heteroatoms. The van der Waals surface area contributed by atoms with E-state index in [1.165, 1.54) is 0 Å². The van der Waals surface area contributed by atoms with Crippen molar-refractivity contribution in [1.29, 1.82) is 0 Å². The zero-order valence-electron chi connectivity index (χ0n) is 17.2. The predicted octanol–water partition coefficient (Wildman–Crippen LogP) is 2.86. The van der Waals surface area contributed by atoms with Crippen molar-refractivity contribution in [3.05, 3.63) is 40.8 Å². The lowest BCUT2D eigenvalue weighted by molar-refractivity contribution is -0.129. The summed E-state index contributed by atoms with van der Waals surface area (Å²) < 4.78 is 5.33. The number of amides is 2. The van der Waals surface area contributed by atoms with Gasteiger partial charge in [0.1, 0.15) is 0 Å². The van der Waals surface area contributed by atoms with Crippen LogP contribution in [0.15, 0.2) is 16.8 Å². The van der Waals surface area contributed by atoms with Gasteiger partial charge in [-0.3, -0.25) is 9.59 Å². The average molecular weight is 397 g/mol. The molecule has 2 aliphatic rings. The molecule has 1 unspecified atom stereocenters. The molecule has 1 atom stereocenters. The van der Waals surface area contributed by atoms with Crippen LogP contribution in [-0.4, -0.2) is 49.8 Å². The Hall–Kier alpha value is -2.77. The van der Waals surface area contributed by atoms with Crippen LogP contribution in [0.1, 0.15) is 85.3 Å². The van der Waals surface area contributed by atoms with Gasteiger partial charge in [0, 0.05) is 50.8 Å². The number of aromatic nitrogens is 3. The Morgan fingerprint density at radius 1 is 1.24 bits per heavy atom. The first-order valence-electron chi connectivity index (χ1n) is 10.3. The van der Waals surface area contributed by atoms with E-state index in [9.17, 15) is 9.59 Å². The van der Waals surface area contributed by atoms with E-state index in [1.54, 1.807) is 17.9 Å². The highest BCUT2D eigenvalue weighted by molar-refractivity contribution is 5.91. The van der Waals surface area contributed by atoms with Crippen molar-refractivity contribution in [1.82, 2.24) is 24.9 Å². The minimum atomic E-state index is -0.167. The molecular weight excluding hydrogens is 370 g/mol. The number of nitrogens with zero attached hydrogens (tertiary/aromatic N) is 5. The highest BCUT2D eigenvalue weighted by Gasteiger charge is 2.33. The van der Waals surface area contributed by atoms with E-state index in [0.717, 1.165) is 36.2 Å². The van der Waals surface area contributed by atoms with E-state index in [2.05, 4.69) is 10.1 Å². The number of fused-ring (bicyclic) bond motifs is 1. The SMILES string of the molecule is CC(=O)N1CCc2nc(C3CCCCN3C(=O)c3cc(C(C)C)no3)ncc2C1. The van der Waals surface area contributed by atoms with E-state index >= 15 is 0 Å². The van der Waals surface area contributed by atoms with Gasteiger partial charge >= 0.3 is 0 Å². The summed E-state index contributed by atoms with van der Waals surface area (Å²) in [7, 11) is 0. The first-order chi connectivity index (χ1) is 13.9. The van der Waals surface area contributed by atoms with Crippen LogP contribution in [0.2, 0.25) is 0 Å². The van der Waals surface area contributed by atoms with Crippen molar-refractivity contribution in [2.75, 3.05) is 13.1 Å². The van der Waals surface area contributed by atoms with Crippen molar-refractivity contribution in [2.24, 2.45) is 0 Å². The third-order valence-corrected chi connectivity index (χ3v) is 5.79. The van der Waals surface area contributed by atoms with Crippen LogP contribution < -0.4 is 0 Å². The maximum atomic E-state index is 13.1. The summed E-state index contributed by atoms with van der Waals surface area (Å²) in [5, 5.41) is 4.02. The van der Waals surface area contributed by atoms with Crippen LogP contribution in [0.5, 0.6) is 0 Å². The lowest BCUT2D eigenvalue weighted by Crippen LogP contribution is -2.40. The maximum absolute atomic E-state index is 13.1. The standard InChI is InChI=1S/C21H27N5O3/c1-13(2)17-10-19(29-24-17)21(28)26-8-5-4-6-18(26)20-22-11-15-12-25(14(3)27)9-7-16(15)23-20/h10-11,13,18H,4-9,12H2,1-3H3. The fourth-order valence-corrected chi connectivity index (χ4v) is 4.01. The molecular formula is C21H27N5O3. The van der Waals surface area contributed by atoms with Gasteiger partial charge in [-0.15, -0.1) is 0 Å². The highest BCUT2D eigenvalue weighted by Crippen LogP contribution is 2.31. The van der Waals surface area contributed by atoms with Gasteiger partial charge in [0.15, 0.2) is 5.82 Å². The molecule has 2 aliphatic heterocycles. The minimum absolute atomic E-state index is 0.0663. The van der Waals surface area contributed by atoms with Crippen LogP contribution in [-0.2, 0) is 17.8 Å². The third-order valence-electron chi connectivity index (χ3n) is 5.79. The molecule has 0 spiro atoms. The average Bonchev–Trinajstić information content (AvgIpc) is 3.23. The molecule has 0 bridgehead atoms. The summed E-state index contributed by atoms with van der Waals surface area (Å²) in [6.45, 7) is 7.49. The topological polar surface area (TPSA) is 92.4 Å². The Balaban J connectivity index is 1.57. The van der Waals surface area contributed by atoms with Crippen molar-refractivity contribution >= 4 is 11.8 Å². The fraction of sp³-hybridized carbons (Fsp3) is 0.571. The van der Waals surface area contributed by atoms with Gasteiger partial charge < -0.3 is 14.3 Å². The van der Waals surface area contributed by atoms with Gasteiger partial charge in [-0.05, 0) is 25.2 Å². The molecule has 4 heterocycles. The molecule has 2 aromatic heterocycles. The molecule has 0 N–H and O–H groups in total. The second-order valence-electron chi connectivity index (χ2n) is 8.17.